The molecule has 2 aliphatic rings. The number of hydrogen-bond donors (Lipinski definition) is 4. The molecule has 6 rings (SSSR count). The average molecular weight is 711 g/mol. The minimum absolute atomic E-state index is 0.0891. The van der Waals surface area contributed by atoms with Crippen molar-refractivity contribution in [3.63, 3.8) is 0 Å². The number of carbonyl (C=O) groups is 2. The van der Waals surface area contributed by atoms with Gasteiger partial charge in [0.2, 0.25) is 11.8 Å². The Bertz CT molecular complexity index is 1840. The quantitative estimate of drug-likeness (QED) is 0.138. The Morgan fingerprint density at radius 2 is 1.81 bits per heavy atom. The van der Waals surface area contributed by atoms with E-state index in [2.05, 4.69) is 82.4 Å². The number of hydrogen-bond acceptors (Lipinski definition) is 9. The van der Waals surface area contributed by atoms with Gasteiger partial charge in [0.05, 0.1) is 24.4 Å². The third-order valence-electron chi connectivity index (χ3n) is 10.2. The first-order chi connectivity index (χ1) is 25.4. The number of ether oxygens (including phenoxy) is 2. The minimum atomic E-state index is -0.180. The number of pyridine rings is 1. The second-order valence-electron chi connectivity index (χ2n) is 13.8. The summed E-state index contributed by atoms with van der Waals surface area (Å²) in [5, 5.41) is 18.8. The summed E-state index contributed by atoms with van der Waals surface area (Å²) < 4.78 is 13.2. The Balaban J connectivity index is 1.05. The molecule has 1 atom stereocenters. The normalized spacial score (nSPS) is 16.9. The van der Waals surface area contributed by atoms with Crippen molar-refractivity contribution in [2.24, 2.45) is 0 Å². The van der Waals surface area contributed by atoms with Crippen LogP contribution in [-0.2, 0) is 46.9 Å². The van der Waals surface area contributed by atoms with Gasteiger partial charge in [0.1, 0.15) is 5.75 Å². The summed E-state index contributed by atoms with van der Waals surface area (Å²) in [6.45, 7) is 13.2. The standard InChI is InChI=1S/C40H54N8O4/c1-5-35-33(39(45-31-14-18-52-19-15-31)34-25-44-48(6-2)40(34)46-35)24-43-38(50)13-12-37(49)42-23-28-10-11-36(51-4)32(21-28)30-9-7-8-29(20-30)26-47-17-16-41-22-27(47)3/h7-11,20-21,25,27,31,41H,5-6,12-19,22-24,26H2,1-4H3,(H,42,49)(H,43,50)(H,45,46)/t27-/m0/s1. The molecule has 2 aromatic heterocycles. The van der Waals surface area contributed by atoms with Gasteiger partial charge in [-0.2, -0.15) is 5.10 Å². The Kier molecular flexibility index (Phi) is 12.8. The molecule has 0 spiro atoms. The van der Waals surface area contributed by atoms with E-state index in [1.807, 2.05) is 23.0 Å². The van der Waals surface area contributed by atoms with Crippen molar-refractivity contribution >= 4 is 28.5 Å². The van der Waals surface area contributed by atoms with Crippen LogP contribution in [0.15, 0.2) is 48.7 Å². The summed E-state index contributed by atoms with van der Waals surface area (Å²) in [5.41, 5.74) is 7.99. The van der Waals surface area contributed by atoms with Crippen LogP contribution in [0.4, 0.5) is 5.69 Å². The number of aryl methyl sites for hydroxylation is 2. The number of nitrogens with one attached hydrogen (secondary N) is 4. The number of nitrogens with zero attached hydrogens (tertiary/aromatic N) is 4. The van der Waals surface area contributed by atoms with E-state index in [-0.39, 0.29) is 30.7 Å². The fourth-order valence-corrected chi connectivity index (χ4v) is 7.17. The zero-order valence-corrected chi connectivity index (χ0v) is 31.1. The molecule has 0 aliphatic carbocycles. The van der Waals surface area contributed by atoms with E-state index in [1.165, 1.54) is 5.56 Å². The highest BCUT2D eigenvalue weighted by molar-refractivity contribution is 5.92. The molecule has 4 aromatic rings. The summed E-state index contributed by atoms with van der Waals surface area (Å²) in [4.78, 5) is 33.5. The fraction of sp³-hybridized carbons (Fsp3) is 0.500. The van der Waals surface area contributed by atoms with Gasteiger partial charge in [-0.15, -0.1) is 0 Å². The van der Waals surface area contributed by atoms with Crippen molar-refractivity contribution in [3.05, 3.63) is 71.0 Å². The lowest BCUT2D eigenvalue weighted by Gasteiger charge is -2.34. The maximum absolute atomic E-state index is 13.1. The third kappa shape index (κ3) is 9.09. The first-order valence-electron chi connectivity index (χ1n) is 18.8. The molecular weight excluding hydrogens is 656 g/mol. The minimum Gasteiger partial charge on any atom is -0.496 e. The molecular formula is C40H54N8O4. The van der Waals surface area contributed by atoms with Gasteiger partial charge in [-0.05, 0) is 68.0 Å². The van der Waals surface area contributed by atoms with Crippen molar-refractivity contribution in [1.29, 1.82) is 0 Å². The topological polar surface area (TPSA) is 135 Å². The molecule has 52 heavy (non-hydrogen) atoms. The van der Waals surface area contributed by atoms with Gasteiger partial charge in [-0.25, -0.2) is 9.67 Å². The summed E-state index contributed by atoms with van der Waals surface area (Å²) in [7, 11) is 1.68. The van der Waals surface area contributed by atoms with E-state index in [0.29, 0.717) is 19.1 Å². The lowest BCUT2D eigenvalue weighted by molar-refractivity contribution is -0.126. The van der Waals surface area contributed by atoms with Crippen LogP contribution in [0.2, 0.25) is 0 Å². The molecule has 2 aliphatic heterocycles. The average Bonchev–Trinajstić information content (AvgIpc) is 3.60. The maximum atomic E-state index is 13.1. The van der Waals surface area contributed by atoms with Crippen LogP contribution in [0.1, 0.15) is 68.8 Å². The summed E-state index contributed by atoms with van der Waals surface area (Å²) >= 11 is 0. The number of methoxy groups -OCH3 is 1. The SMILES string of the molecule is CCc1nc2c(cnn2CC)c(NC2CCOCC2)c1CNC(=O)CCC(=O)NCc1ccc(OC)c(-c2cccc(CN3CCNC[C@@H]3C)c2)c1. The zero-order chi connectivity index (χ0) is 36.5. The number of carbonyl (C=O) groups excluding carboxylic acids is 2. The summed E-state index contributed by atoms with van der Waals surface area (Å²) in [6.07, 6.45) is 4.59. The van der Waals surface area contributed by atoms with Crippen molar-refractivity contribution in [2.45, 2.75) is 91.1 Å². The van der Waals surface area contributed by atoms with Gasteiger partial charge in [0.15, 0.2) is 5.65 Å². The van der Waals surface area contributed by atoms with Crippen LogP contribution in [-0.4, -0.2) is 83.5 Å². The fourth-order valence-electron chi connectivity index (χ4n) is 7.17. The number of benzene rings is 2. The number of aromatic nitrogens is 3. The Hall–Kier alpha value is -4.52. The number of fused-ring (bicyclic) bond motifs is 1. The number of rotatable bonds is 15. The molecule has 12 nitrogen and oxygen atoms in total. The van der Waals surface area contributed by atoms with E-state index in [4.69, 9.17) is 14.5 Å². The molecule has 278 valence electrons. The van der Waals surface area contributed by atoms with E-state index in [0.717, 1.165) is 116 Å². The lowest BCUT2D eigenvalue weighted by Crippen LogP contribution is -2.49. The van der Waals surface area contributed by atoms with Crippen LogP contribution in [0.25, 0.3) is 22.2 Å². The van der Waals surface area contributed by atoms with Crippen molar-refractivity contribution in [3.8, 4) is 16.9 Å². The molecule has 0 saturated carbocycles. The van der Waals surface area contributed by atoms with Crippen LogP contribution in [0, 0.1) is 0 Å². The van der Waals surface area contributed by atoms with Gasteiger partial charge in [-0.1, -0.05) is 31.2 Å². The molecule has 2 aromatic carbocycles. The molecule has 2 fully saturated rings. The van der Waals surface area contributed by atoms with E-state index in [9.17, 15) is 9.59 Å². The highest BCUT2D eigenvalue weighted by atomic mass is 16.5. The molecule has 2 saturated heterocycles. The predicted molar refractivity (Wildman–Crippen MR) is 204 cm³/mol. The number of amides is 2. The Labute approximate surface area is 307 Å². The molecule has 2 amide bonds. The molecule has 0 bridgehead atoms. The largest absolute Gasteiger partial charge is 0.496 e. The van der Waals surface area contributed by atoms with Crippen molar-refractivity contribution < 1.29 is 19.1 Å². The summed E-state index contributed by atoms with van der Waals surface area (Å²) in [6, 6.07) is 15.3. The number of piperazine rings is 1. The first kappa shape index (κ1) is 37.2. The maximum Gasteiger partial charge on any atom is 0.220 e. The first-order valence-corrected chi connectivity index (χ1v) is 18.8. The summed E-state index contributed by atoms with van der Waals surface area (Å²) in [5.74, 6) is 0.427. The van der Waals surface area contributed by atoms with E-state index in [1.54, 1.807) is 7.11 Å². The second kappa shape index (κ2) is 17.8. The second-order valence-corrected chi connectivity index (χ2v) is 13.8. The highest BCUT2D eigenvalue weighted by Gasteiger charge is 2.23. The monoisotopic (exact) mass is 710 g/mol. The van der Waals surface area contributed by atoms with E-state index >= 15 is 0 Å². The zero-order valence-electron chi connectivity index (χ0n) is 31.1. The highest BCUT2D eigenvalue weighted by Crippen LogP contribution is 2.33. The van der Waals surface area contributed by atoms with Crippen LogP contribution in [0.3, 0.4) is 0 Å². The van der Waals surface area contributed by atoms with Gasteiger partial charge >= 0.3 is 0 Å². The van der Waals surface area contributed by atoms with Crippen molar-refractivity contribution in [1.82, 2.24) is 35.6 Å². The van der Waals surface area contributed by atoms with Gasteiger partial charge < -0.3 is 30.7 Å². The molecule has 0 radical (unpaired) electrons. The van der Waals surface area contributed by atoms with Gasteiger partial charge in [-0.3, -0.25) is 14.5 Å². The van der Waals surface area contributed by atoms with Crippen molar-refractivity contribution in [2.75, 3.05) is 45.3 Å². The van der Waals surface area contributed by atoms with E-state index < -0.39 is 0 Å². The molecule has 4 N–H and O–H groups in total. The Morgan fingerprint density at radius 1 is 1.02 bits per heavy atom. The van der Waals surface area contributed by atoms with Gasteiger partial charge in [0.25, 0.3) is 0 Å². The lowest BCUT2D eigenvalue weighted by atomic mass is 9.99. The smallest absolute Gasteiger partial charge is 0.220 e. The van der Waals surface area contributed by atoms with Gasteiger partial charge in [0, 0.05) is 101 Å². The molecule has 4 heterocycles. The number of anilines is 1. The molecule has 0 unspecified atom stereocenters. The predicted octanol–water partition coefficient (Wildman–Crippen LogP) is 4.79. The van der Waals surface area contributed by atoms with Crippen LogP contribution < -0.4 is 26.0 Å². The van der Waals surface area contributed by atoms with Crippen LogP contribution >= 0.6 is 0 Å². The molecule has 12 heteroatoms. The van der Waals surface area contributed by atoms with Crippen LogP contribution in [0.5, 0.6) is 5.75 Å². The third-order valence-corrected chi connectivity index (χ3v) is 10.2. The Morgan fingerprint density at radius 3 is 2.54 bits per heavy atom.